The minimum Gasteiger partial charge on any atom is -0.478 e. The standard InChI is InChI=1S/C25H25N3O5S/c1-18-6-12-23(13-7-18)34(32,33)28(16-21-5-3-4-19(2)14-21)17-24(29)27-26-15-20-8-10-22(11-9-20)25(30)31/h3-15H,16-17H2,1-2H3,(H,27,29)(H,30,31)/b26-15-. The molecule has 9 heteroatoms. The highest BCUT2D eigenvalue weighted by molar-refractivity contribution is 7.89. The Bertz CT molecular complexity index is 1300. The van der Waals surface area contributed by atoms with Gasteiger partial charge < -0.3 is 5.11 Å². The van der Waals surface area contributed by atoms with Crippen molar-refractivity contribution in [2.45, 2.75) is 25.3 Å². The first-order chi connectivity index (χ1) is 16.1. The van der Waals surface area contributed by atoms with Gasteiger partial charge in [0.1, 0.15) is 0 Å². The number of rotatable bonds is 9. The van der Waals surface area contributed by atoms with Crippen LogP contribution in [0.5, 0.6) is 0 Å². The van der Waals surface area contributed by atoms with Gasteiger partial charge in [0.05, 0.1) is 23.2 Å². The summed E-state index contributed by atoms with van der Waals surface area (Å²) in [6.45, 7) is 3.36. The van der Waals surface area contributed by atoms with Gasteiger partial charge in [-0.15, -0.1) is 0 Å². The number of amides is 1. The van der Waals surface area contributed by atoms with Gasteiger partial charge in [0.15, 0.2) is 0 Å². The molecule has 8 nitrogen and oxygen atoms in total. The lowest BCUT2D eigenvalue weighted by Crippen LogP contribution is -2.39. The van der Waals surface area contributed by atoms with E-state index in [1.54, 1.807) is 24.3 Å². The molecule has 2 N–H and O–H groups in total. The monoisotopic (exact) mass is 479 g/mol. The van der Waals surface area contributed by atoms with Crippen LogP contribution in [-0.4, -0.2) is 42.5 Å². The van der Waals surface area contributed by atoms with Gasteiger partial charge in [-0.1, -0.05) is 59.7 Å². The smallest absolute Gasteiger partial charge is 0.335 e. The van der Waals surface area contributed by atoms with Crippen LogP contribution in [0.25, 0.3) is 0 Å². The molecule has 0 fully saturated rings. The highest BCUT2D eigenvalue weighted by Gasteiger charge is 2.27. The predicted octanol–water partition coefficient (Wildman–Crippen LogP) is 3.34. The summed E-state index contributed by atoms with van der Waals surface area (Å²) in [5.41, 5.74) is 5.71. The third kappa shape index (κ3) is 6.60. The van der Waals surface area contributed by atoms with Crippen molar-refractivity contribution in [2.24, 2.45) is 5.10 Å². The topological polar surface area (TPSA) is 116 Å². The van der Waals surface area contributed by atoms with Crippen molar-refractivity contribution in [3.63, 3.8) is 0 Å². The number of carbonyl (C=O) groups is 2. The SMILES string of the molecule is Cc1ccc(S(=O)(=O)N(CC(=O)N/N=C\c2ccc(C(=O)O)cc2)Cc2cccc(C)c2)cc1. The largest absolute Gasteiger partial charge is 0.478 e. The predicted molar refractivity (Wildman–Crippen MR) is 129 cm³/mol. The van der Waals surface area contributed by atoms with Crippen molar-refractivity contribution < 1.29 is 23.1 Å². The fourth-order valence-corrected chi connectivity index (χ4v) is 4.57. The van der Waals surface area contributed by atoms with Crippen molar-refractivity contribution >= 4 is 28.1 Å². The zero-order chi connectivity index (χ0) is 24.7. The molecule has 0 aliphatic heterocycles. The van der Waals surface area contributed by atoms with E-state index in [1.807, 2.05) is 38.1 Å². The Labute approximate surface area is 198 Å². The lowest BCUT2D eigenvalue weighted by molar-refractivity contribution is -0.121. The lowest BCUT2D eigenvalue weighted by Gasteiger charge is -2.22. The molecule has 0 spiro atoms. The molecular weight excluding hydrogens is 454 g/mol. The van der Waals surface area contributed by atoms with Crippen LogP contribution in [0.15, 0.2) is 82.8 Å². The zero-order valence-corrected chi connectivity index (χ0v) is 19.6. The molecule has 3 aromatic carbocycles. The Kier molecular flexibility index (Phi) is 7.93. The molecule has 0 saturated carbocycles. The first-order valence-electron chi connectivity index (χ1n) is 10.4. The van der Waals surface area contributed by atoms with Crippen molar-refractivity contribution in [3.05, 3.63) is 101 Å². The number of nitrogens with one attached hydrogen (secondary N) is 1. The lowest BCUT2D eigenvalue weighted by atomic mass is 10.1. The van der Waals surface area contributed by atoms with E-state index in [2.05, 4.69) is 10.5 Å². The molecule has 0 atom stereocenters. The second-order valence-electron chi connectivity index (χ2n) is 7.80. The van der Waals surface area contributed by atoms with Crippen LogP contribution >= 0.6 is 0 Å². The molecule has 0 saturated heterocycles. The van der Waals surface area contributed by atoms with Crippen LogP contribution in [0.4, 0.5) is 0 Å². The molecule has 0 unspecified atom stereocenters. The molecule has 3 rings (SSSR count). The molecule has 0 heterocycles. The number of carbonyl (C=O) groups excluding carboxylic acids is 1. The fraction of sp³-hybridized carbons (Fsp3) is 0.160. The van der Waals surface area contributed by atoms with E-state index < -0.39 is 28.4 Å². The Morgan fingerprint density at radius 2 is 1.65 bits per heavy atom. The second kappa shape index (κ2) is 10.9. The first-order valence-corrected chi connectivity index (χ1v) is 11.9. The third-order valence-electron chi connectivity index (χ3n) is 4.98. The quantitative estimate of drug-likeness (QED) is 0.361. The van der Waals surface area contributed by atoms with Gasteiger partial charge in [-0.2, -0.15) is 9.41 Å². The molecule has 0 aromatic heterocycles. The van der Waals surface area contributed by atoms with Crippen molar-refractivity contribution in [3.8, 4) is 0 Å². The Hall–Kier alpha value is -3.82. The maximum Gasteiger partial charge on any atom is 0.335 e. The molecule has 34 heavy (non-hydrogen) atoms. The normalized spacial score (nSPS) is 11.6. The number of hydrogen-bond donors (Lipinski definition) is 2. The van der Waals surface area contributed by atoms with Gasteiger partial charge >= 0.3 is 5.97 Å². The average molecular weight is 480 g/mol. The molecule has 0 bridgehead atoms. The summed E-state index contributed by atoms with van der Waals surface area (Å²) >= 11 is 0. The number of carboxylic acid groups (broad SMARTS) is 1. The molecule has 0 aliphatic rings. The number of nitrogens with zero attached hydrogens (tertiary/aromatic N) is 2. The van der Waals surface area contributed by atoms with E-state index in [0.29, 0.717) is 5.56 Å². The summed E-state index contributed by atoms with van der Waals surface area (Å²) in [7, 11) is -3.95. The van der Waals surface area contributed by atoms with Gasteiger partial charge in [0, 0.05) is 6.54 Å². The molecule has 0 aliphatic carbocycles. The van der Waals surface area contributed by atoms with Crippen molar-refractivity contribution in [1.82, 2.24) is 9.73 Å². The summed E-state index contributed by atoms with van der Waals surface area (Å²) in [5, 5.41) is 12.8. The van der Waals surface area contributed by atoms with E-state index in [0.717, 1.165) is 21.0 Å². The van der Waals surface area contributed by atoms with E-state index in [4.69, 9.17) is 5.11 Å². The fourth-order valence-electron chi connectivity index (χ4n) is 3.19. The van der Waals surface area contributed by atoms with Gasteiger partial charge in [-0.25, -0.2) is 18.6 Å². The number of carboxylic acids is 1. The van der Waals surface area contributed by atoms with Gasteiger partial charge in [-0.05, 0) is 49.2 Å². The number of aromatic carboxylic acids is 1. The molecular formula is C25H25N3O5S. The van der Waals surface area contributed by atoms with Crippen molar-refractivity contribution in [2.75, 3.05) is 6.54 Å². The molecule has 1 amide bonds. The first kappa shape index (κ1) is 24.8. The Morgan fingerprint density at radius 1 is 0.971 bits per heavy atom. The second-order valence-corrected chi connectivity index (χ2v) is 9.73. The maximum absolute atomic E-state index is 13.3. The summed E-state index contributed by atoms with van der Waals surface area (Å²) < 4.78 is 27.7. The minimum absolute atomic E-state index is 0.0195. The maximum atomic E-state index is 13.3. The highest BCUT2D eigenvalue weighted by Crippen LogP contribution is 2.19. The minimum atomic E-state index is -3.95. The molecule has 176 valence electrons. The summed E-state index contributed by atoms with van der Waals surface area (Å²) in [6.07, 6.45) is 1.35. The number of hydrazone groups is 1. The average Bonchev–Trinajstić information content (AvgIpc) is 2.79. The van der Waals surface area contributed by atoms with E-state index in [1.165, 1.54) is 30.5 Å². The number of sulfonamides is 1. The van der Waals surface area contributed by atoms with Gasteiger partial charge in [0.25, 0.3) is 5.91 Å². The number of aryl methyl sites for hydroxylation is 2. The van der Waals surface area contributed by atoms with Crippen LogP contribution in [0.1, 0.15) is 32.6 Å². The Morgan fingerprint density at radius 3 is 2.26 bits per heavy atom. The van der Waals surface area contributed by atoms with Gasteiger partial charge in [-0.3, -0.25) is 4.79 Å². The number of hydrogen-bond acceptors (Lipinski definition) is 5. The van der Waals surface area contributed by atoms with Crippen LogP contribution < -0.4 is 5.43 Å². The van der Waals surface area contributed by atoms with Crippen LogP contribution in [0, 0.1) is 13.8 Å². The van der Waals surface area contributed by atoms with Gasteiger partial charge in [0.2, 0.25) is 10.0 Å². The van der Waals surface area contributed by atoms with Crippen LogP contribution in [0.2, 0.25) is 0 Å². The third-order valence-corrected chi connectivity index (χ3v) is 6.79. The van der Waals surface area contributed by atoms with E-state index in [9.17, 15) is 18.0 Å². The highest BCUT2D eigenvalue weighted by atomic mass is 32.2. The summed E-state index contributed by atoms with van der Waals surface area (Å²) in [5.74, 6) is -1.65. The molecule has 3 aromatic rings. The zero-order valence-electron chi connectivity index (χ0n) is 18.8. The van der Waals surface area contributed by atoms with E-state index in [-0.39, 0.29) is 17.0 Å². The van der Waals surface area contributed by atoms with Crippen LogP contribution in [0.3, 0.4) is 0 Å². The molecule has 0 radical (unpaired) electrons. The summed E-state index contributed by atoms with van der Waals surface area (Å²) in [6, 6.07) is 19.8. The van der Waals surface area contributed by atoms with E-state index >= 15 is 0 Å². The van der Waals surface area contributed by atoms with Crippen molar-refractivity contribution in [1.29, 1.82) is 0 Å². The summed E-state index contributed by atoms with van der Waals surface area (Å²) in [4.78, 5) is 23.6. The van der Waals surface area contributed by atoms with Crippen LogP contribution in [-0.2, 0) is 21.4 Å². The number of benzene rings is 3. The Balaban J connectivity index is 1.76.